The molecule has 0 atom stereocenters. The van der Waals surface area contributed by atoms with Gasteiger partial charge in [-0.25, -0.2) is 9.59 Å². The third kappa shape index (κ3) is 3.79. The molecule has 1 aliphatic heterocycles. The molecule has 1 saturated heterocycles. The summed E-state index contributed by atoms with van der Waals surface area (Å²) >= 11 is 12.4. The van der Waals surface area contributed by atoms with E-state index in [9.17, 15) is 9.59 Å². The van der Waals surface area contributed by atoms with Gasteiger partial charge in [0, 0.05) is 35.2 Å². The van der Waals surface area contributed by atoms with Crippen LogP contribution >= 0.6 is 23.2 Å². The van der Waals surface area contributed by atoms with Crippen molar-refractivity contribution in [2.75, 3.05) is 20.2 Å². The summed E-state index contributed by atoms with van der Waals surface area (Å²) in [6.07, 6.45) is 0. The first-order chi connectivity index (χ1) is 12.5. The van der Waals surface area contributed by atoms with Crippen LogP contribution in [0.15, 0.2) is 42.5 Å². The molecule has 1 heterocycles. The molecule has 2 aromatic carbocycles. The SMILES string of the molecule is COC(=O)c1ccccc1CN1CCN(Cc2c(Cl)cccc2Cl)C1=O. The number of methoxy groups -OCH3 is 1. The number of ether oxygens (including phenoxy) is 1. The second kappa shape index (κ2) is 7.98. The van der Waals surface area contributed by atoms with Gasteiger partial charge in [0.05, 0.1) is 19.2 Å². The van der Waals surface area contributed by atoms with E-state index in [1.54, 1.807) is 40.1 Å². The maximum atomic E-state index is 12.7. The van der Waals surface area contributed by atoms with Crippen molar-refractivity contribution < 1.29 is 14.3 Å². The molecule has 0 spiro atoms. The molecule has 2 aromatic rings. The van der Waals surface area contributed by atoms with Crippen LogP contribution in [0.2, 0.25) is 10.0 Å². The second-order valence-corrected chi connectivity index (χ2v) is 6.79. The number of carbonyl (C=O) groups is 2. The van der Waals surface area contributed by atoms with E-state index < -0.39 is 5.97 Å². The van der Waals surface area contributed by atoms with Crippen LogP contribution in [-0.2, 0) is 17.8 Å². The molecule has 1 fully saturated rings. The summed E-state index contributed by atoms with van der Waals surface area (Å²) in [6.45, 7) is 1.83. The van der Waals surface area contributed by atoms with Crippen LogP contribution < -0.4 is 0 Å². The van der Waals surface area contributed by atoms with Crippen LogP contribution in [0.4, 0.5) is 4.79 Å². The van der Waals surface area contributed by atoms with Gasteiger partial charge < -0.3 is 14.5 Å². The molecular weight excluding hydrogens is 375 g/mol. The lowest BCUT2D eigenvalue weighted by Gasteiger charge is -2.20. The minimum absolute atomic E-state index is 0.111. The normalized spacial score (nSPS) is 14.0. The zero-order chi connectivity index (χ0) is 18.7. The van der Waals surface area contributed by atoms with Gasteiger partial charge in [-0.05, 0) is 23.8 Å². The fourth-order valence-electron chi connectivity index (χ4n) is 2.97. The van der Waals surface area contributed by atoms with Gasteiger partial charge >= 0.3 is 12.0 Å². The lowest BCUT2D eigenvalue weighted by atomic mass is 10.1. The van der Waals surface area contributed by atoms with Gasteiger partial charge in [-0.1, -0.05) is 47.5 Å². The molecule has 0 aromatic heterocycles. The summed E-state index contributed by atoms with van der Waals surface area (Å²) in [6, 6.07) is 12.3. The maximum Gasteiger partial charge on any atom is 0.338 e. The van der Waals surface area contributed by atoms with Crippen LogP contribution in [0.5, 0.6) is 0 Å². The summed E-state index contributed by atoms with van der Waals surface area (Å²) in [5, 5.41) is 1.08. The standard InChI is InChI=1S/C19H18Cl2N2O3/c1-26-18(24)14-6-3-2-5-13(14)11-22-9-10-23(19(22)25)12-15-16(20)7-4-8-17(15)21/h2-8H,9-12H2,1H3. The molecule has 0 aliphatic carbocycles. The van der Waals surface area contributed by atoms with Gasteiger partial charge in [-0.15, -0.1) is 0 Å². The highest BCUT2D eigenvalue weighted by molar-refractivity contribution is 6.36. The fraction of sp³-hybridized carbons (Fsp3) is 0.263. The van der Waals surface area contributed by atoms with Crippen LogP contribution in [-0.4, -0.2) is 42.0 Å². The summed E-state index contributed by atoms with van der Waals surface area (Å²) < 4.78 is 4.81. The highest BCUT2D eigenvalue weighted by Crippen LogP contribution is 2.27. The molecule has 26 heavy (non-hydrogen) atoms. The van der Waals surface area contributed by atoms with E-state index >= 15 is 0 Å². The lowest BCUT2D eigenvalue weighted by Crippen LogP contribution is -2.31. The number of urea groups is 1. The van der Waals surface area contributed by atoms with Crippen molar-refractivity contribution in [3.63, 3.8) is 0 Å². The Morgan fingerprint density at radius 3 is 2.27 bits per heavy atom. The molecular formula is C19H18Cl2N2O3. The molecule has 3 rings (SSSR count). The molecule has 136 valence electrons. The number of esters is 1. The zero-order valence-corrected chi connectivity index (χ0v) is 15.8. The number of hydrogen-bond acceptors (Lipinski definition) is 3. The molecule has 0 bridgehead atoms. The van der Waals surface area contributed by atoms with Gasteiger partial charge in [0.2, 0.25) is 0 Å². The monoisotopic (exact) mass is 392 g/mol. The summed E-state index contributed by atoms with van der Waals surface area (Å²) in [5.74, 6) is -0.410. The molecule has 7 heteroatoms. The van der Waals surface area contributed by atoms with Crippen LogP contribution in [0.1, 0.15) is 21.5 Å². The smallest absolute Gasteiger partial charge is 0.338 e. The first kappa shape index (κ1) is 18.5. The summed E-state index contributed by atoms with van der Waals surface area (Å²) in [5.41, 5.74) is 1.96. The number of hydrogen-bond donors (Lipinski definition) is 0. The lowest BCUT2D eigenvalue weighted by molar-refractivity contribution is 0.0598. The number of halogens is 2. The number of benzene rings is 2. The summed E-state index contributed by atoms with van der Waals surface area (Å²) in [4.78, 5) is 28.0. The van der Waals surface area contributed by atoms with Gasteiger partial charge in [-0.2, -0.15) is 0 Å². The largest absolute Gasteiger partial charge is 0.465 e. The quantitative estimate of drug-likeness (QED) is 0.715. The second-order valence-electron chi connectivity index (χ2n) is 5.97. The third-order valence-electron chi connectivity index (χ3n) is 4.38. The van der Waals surface area contributed by atoms with Crippen molar-refractivity contribution >= 4 is 35.2 Å². The number of carbonyl (C=O) groups excluding carboxylic acids is 2. The van der Waals surface area contributed by atoms with Gasteiger partial charge in [0.1, 0.15) is 0 Å². The number of nitrogens with zero attached hydrogens (tertiary/aromatic N) is 2. The molecule has 0 N–H and O–H groups in total. The molecule has 0 radical (unpaired) electrons. The third-order valence-corrected chi connectivity index (χ3v) is 5.08. The minimum Gasteiger partial charge on any atom is -0.465 e. The van der Waals surface area contributed by atoms with Crippen molar-refractivity contribution in [3.05, 3.63) is 69.2 Å². The van der Waals surface area contributed by atoms with E-state index in [1.165, 1.54) is 7.11 Å². The highest BCUT2D eigenvalue weighted by atomic mass is 35.5. The predicted octanol–water partition coefficient (Wildman–Crippen LogP) is 4.22. The Morgan fingerprint density at radius 2 is 1.62 bits per heavy atom. The minimum atomic E-state index is -0.410. The van der Waals surface area contributed by atoms with Gasteiger partial charge in [0.15, 0.2) is 0 Å². The number of amides is 2. The topological polar surface area (TPSA) is 49.9 Å². The van der Waals surface area contributed by atoms with E-state index in [4.69, 9.17) is 27.9 Å². The van der Waals surface area contributed by atoms with Crippen molar-refractivity contribution in [1.82, 2.24) is 9.80 Å². The Kier molecular flexibility index (Phi) is 5.69. The molecule has 0 unspecified atom stereocenters. The maximum absolute atomic E-state index is 12.7. The van der Waals surface area contributed by atoms with Gasteiger partial charge in [0.25, 0.3) is 0 Å². The number of rotatable bonds is 5. The molecule has 0 saturated carbocycles. The first-order valence-electron chi connectivity index (χ1n) is 8.14. The Labute approximate surface area is 162 Å². The fourth-order valence-corrected chi connectivity index (χ4v) is 3.49. The summed E-state index contributed by atoms with van der Waals surface area (Å²) in [7, 11) is 1.34. The van der Waals surface area contributed by atoms with Crippen LogP contribution in [0.25, 0.3) is 0 Å². The van der Waals surface area contributed by atoms with E-state index in [0.717, 1.165) is 11.1 Å². The zero-order valence-electron chi connectivity index (χ0n) is 14.2. The van der Waals surface area contributed by atoms with E-state index in [0.29, 0.717) is 41.8 Å². The highest BCUT2D eigenvalue weighted by Gasteiger charge is 2.30. The van der Waals surface area contributed by atoms with E-state index in [1.807, 2.05) is 12.1 Å². The van der Waals surface area contributed by atoms with E-state index in [2.05, 4.69) is 0 Å². The first-order valence-corrected chi connectivity index (χ1v) is 8.90. The Balaban J connectivity index is 1.73. The molecule has 2 amide bonds. The Morgan fingerprint density at radius 1 is 1.00 bits per heavy atom. The molecule has 5 nitrogen and oxygen atoms in total. The van der Waals surface area contributed by atoms with Crippen LogP contribution in [0.3, 0.4) is 0 Å². The van der Waals surface area contributed by atoms with Crippen molar-refractivity contribution in [2.45, 2.75) is 13.1 Å². The average molecular weight is 393 g/mol. The average Bonchev–Trinajstić information content (AvgIpc) is 2.98. The van der Waals surface area contributed by atoms with Gasteiger partial charge in [-0.3, -0.25) is 0 Å². The predicted molar refractivity (Wildman–Crippen MR) is 100 cm³/mol. The van der Waals surface area contributed by atoms with E-state index in [-0.39, 0.29) is 6.03 Å². The molecule has 1 aliphatic rings. The van der Waals surface area contributed by atoms with Crippen molar-refractivity contribution in [3.8, 4) is 0 Å². The van der Waals surface area contributed by atoms with Crippen LogP contribution in [0, 0.1) is 0 Å². The Bertz CT molecular complexity index is 821. The Hall–Kier alpha value is -2.24. The van der Waals surface area contributed by atoms with Crippen molar-refractivity contribution in [1.29, 1.82) is 0 Å². The van der Waals surface area contributed by atoms with Crippen molar-refractivity contribution in [2.24, 2.45) is 0 Å².